The molecule has 0 radical (unpaired) electrons. The van der Waals surface area contributed by atoms with Gasteiger partial charge in [-0.25, -0.2) is 4.99 Å². The summed E-state index contributed by atoms with van der Waals surface area (Å²) in [6, 6.07) is 17.5. The van der Waals surface area contributed by atoms with Gasteiger partial charge in [-0.15, -0.1) is 0 Å². The van der Waals surface area contributed by atoms with Crippen molar-refractivity contribution in [1.82, 2.24) is 14.7 Å². The van der Waals surface area contributed by atoms with Crippen molar-refractivity contribution in [2.75, 3.05) is 56.2 Å². The summed E-state index contributed by atoms with van der Waals surface area (Å²) in [6.45, 7) is 6.10. The van der Waals surface area contributed by atoms with Crippen LogP contribution in [0, 0.1) is 0 Å². The van der Waals surface area contributed by atoms with Crippen LogP contribution in [0.5, 0.6) is 0 Å². The molecule has 1 N–H and O–H groups in total. The number of nitrogens with one attached hydrogen (secondary N) is 1. The number of fused-ring (bicyclic) bond motifs is 2. The van der Waals surface area contributed by atoms with Crippen LogP contribution in [0.15, 0.2) is 95.8 Å². The maximum atomic E-state index is 13.5. The van der Waals surface area contributed by atoms with Gasteiger partial charge in [-0.1, -0.05) is 19.1 Å². The molecular weight excluding hydrogens is 621 g/mol. The van der Waals surface area contributed by atoms with E-state index >= 15 is 0 Å². The molecule has 9 nitrogen and oxygen atoms in total. The second-order valence-electron chi connectivity index (χ2n) is 12.0. The second-order valence-corrected chi connectivity index (χ2v) is 12.0. The Kier molecular flexibility index (Phi) is 8.42. The molecule has 3 aromatic rings. The fourth-order valence-corrected chi connectivity index (χ4v) is 6.55. The molecule has 0 aromatic heterocycles. The molecular formula is C36H35F3N6O3. The fraction of sp³-hybridized carbons (Fsp3) is 0.306. The molecule has 0 atom stereocenters. The van der Waals surface area contributed by atoms with Crippen molar-refractivity contribution in [1.29, 1.82) is 0 Å². The van der Waals surface area contributed by atoms with E-state index in [4.69, 9.17) is 9.73 Å². The number of carbonyl (C=O) groups is 2. The van der Waals surface area contributed by atoms with Crippen LogP contribution in [-0.4, -0.2) is 78.2 Å². The van der Waals surface area contributed by atoms with Crippen LogP contribution < -0.4 is 10.2 Å². The van der Waals surface area contributed by atoms with Crippen LogP contribution in [0.4, 0.5) is 24.5 Å². The third kappa shape index (κ3) is 6.03. The first-order valence-electron chi connectivity index (χ1n) is 16.1. The number of rotatable bonds is 7. The van der Waals surface area contributed by atoms with Gasteiger partial charge in [-0.2, -0.15) is 13.2 Å². The highest BCUT2D eigenvalue weighted by Crippen LogP contribution is 2.36. The average molecular weight is 657 g/mol. The summed E-state index contributed by atoms with van der Waals surface area (Å²) in [7, 11) is 0. The lowest BCUT2D eigenvalue weighted by Crippen LogP contribution is -2.40. The predicted octanol–water partition coefficient (Wildman–Crippen LogP) is 5.92. The molecule has 4 aliphatic heterocycles. The second kappa shape index (κ2) is 12.8. The Hall–Kier alpha value is -5.10. The largest absolute Gasteiger partial charge is 0.416 e. The van der Waals surface area contributed by atoms with Gasteiger partial charge in [0.05, 0.1) is 31.0 Å². The maximum Gasteiger partial charge on any atom is 0.416 e. The molecule has 7 rings (SSSR count). The van der Waals surface area contributed by atoms with E-state index in [1.807, 2.05) is 54.9 Å². The SMILES string of the molecule is CCCN1C=CN2CC(c3cccc4c3CCN4C(=O)c3ccc(C(F)(F)F)cc3)=NC(Nc3ccc(C(=O)N4CCOCC4)cc3)=C12. The number of ether oxygens (including phenoxy) is 1. The summed E-state index contributed by atoms with van der Waals surface area (Å²) in [6.07, 6.45) is 1.15. The zero-order valence-electron chi connectivity index (χ0n) is 26.5. The minimum Gasteiger partial charge on any atom is -0.378 e. The highest BCUT2D eigenvalue weighted by molar-refractivity contribution is 6.10. The predicted molar refractivity (Wildman–Crippen MR) is 176 cm³/mol. The summed E-state index contributed by atoms with van der Waals surface area (Å²) in [5.74, 6) is 1.23. The van der Waals surface area contributed by atoms with E-state index in [0.29, 0.717) is 57.2 Å². The first-order valence-corrected chi connectivity index (χ1v) is 16.1. The van der Waals surface area contributed by atoms with Crippen LogP contribution in [0.25, 0.3) is 0 Å². The number of carbonyl (C=O) groups excluding carboxylic acids is 2. The average Bonchev–Trinajstić information content (AvgIpc) is 3.73. The molecule has 2 amide bonds. The third-order valence-corrected chi connectivity index (χ3v) is 8.95. The number of amides is 2. The molecule has 4 aliphatic rings. The van der Waals surface area contributed by atoms with Gasteiger partial charge in [0, 0.05) is 66.6 Å². The molecule has 3 aromatic carbocycles. The van der Waals surface area contributed by atoms with Gasteiger partial charge in [0.2, 0.25) is 0 Å². The van der Waals surface area contributed by atoms with Crippen LogP contribution >= 0.6 is 0 Å². The fourth-order valence-electron chi connectivity index (χ4n) is 6.55. The van der Waals surface area contributed by atoms with E-state index < -0.39 is 11.7 Å². The monoisotopic (exact) mass is 656 g/mol. The first-order chi connectivity index (χ1) is 23.2. The van der Waals surface area contributed by atoms with E-state index in [-0.39, 0.29) is 17.4 Å². The Morgan fingerprint density at radius 2 is 1.60 bits per heavy atom. The summed E-state index contributed by atoms with van der Waals surface area (Å²) < 4.78 is 44.7. The summed E-state index contributed by atoms with van der Waals surface area (Å²) in [4.78, 5) is 39.3. The minimum atomic E-state index is -4.47. The highest BCUT2D eigenvalue weighted by atomic mass is 19.4. The van der Waals surface area contributed by atoms with Crippen molar-refractivity contribution in [2.24, 2.45) is 4.99 Å². The Balaban J connectivity index is 1.17. The molecule has 1 fully saturated rings. The van der Waals surface area contributed by atoms with Gasteiger partial charge in [0.1, 0.15) is 0 Å². The summed E-state index contributed by atoms with van der Waals surface area (Å²) in [5.41, 5.74) is 4.25. The summed E-state index contributed by atoms with van der Waals surface area (Å²) >= 11 is 0. The zero-order valence-corrected chi connectivity index (χ0v) is 26.5. The number of halogens is 3. The smallest absolute Gasteiger partial charge is 0.378 e. The minimum absolute atomic E-state index is 0.0195. The van der Waals surface area contributed by atoms with Gasteiger partial charge in [-0.05, 0) is 73.0 Å². The van der Waals surface area contributed by atoms with Gasteiger partial charge >= 0.3 is 6.18 Å². The van der Waals surface area contributed by atoms with Gasteiger partial charge in [0.25, 0.3) is 11.8 Å². The van der Waals surface area contributed by atoms with Crippen molar-refractivity contribution in [3.05, 3.63) is 119 Å². The number of morpholine rings is 1. The quantitative estimate of drug-likeness (QED) is 0.340. The number of benzene rings is 3. The number of nitrogens with zero attached hydrogens (tertiary/aromatic N) is 5. The van der Waals surface area contributed by atoms with Crippen molar-refractivity contribution in [3.8, 4) is 0 Å². The Labute approximate surface area is 276 Å². The van der Waals surface area contributed by atoms with E-state index in [1.165, 1.54) is 12.1 Å². The molecule has 0 unspecified atom stereocenters. The van der Waals surface area contributed by atoms with Crippen molar-refractivity contribution >= 4 is 28.9 Å². The number of hydrogen-bond acceptors (Lipinski definition) is 7. The number of anilines is 2. The van der Waals surface area contributed by atoms with Crippen LogP contribution in [0.1, 0.15) is 50.8 Å². The Bertz CT molecular complexity index is 1810. The van der Waals surface area contributed by atoms with Crippen LogP contribution in [0.3, 0.4) is 0 Å². The van der Waals surface area contributed by atoms with Crippen LogP contribution in [0.2, 0.25) is 0 Å². The third-order valence-electron chi connectivity index (χ3n) is 8.95. The lowest BCUT2D eigenvalue weighted by molar-refractivity contribution is -0.137. The normalized spacial score (nSPS) is 17.5. The molecule has 1 saturated heterocycles. The van der Waals surface area contributed by atoms with Gasteiger partial charge in [0.15, 0.2) is 11.6 Å². The van der Waals surface area contributed by atoms with E-state index in [9.17, 15) is 22.8 Å². The van der Waals surface area contributed by atoms with E-state index in [1.54, 1.807) is 9.80 Å². The molecule has 0 spiro atoms. The van der Waals surface area contributed by atoms with Crippen LogP contribution in [-0.2, 0) is 17.3 Å². The number of alkyl halides is 3. The first kappa shape index (κ1) is 31.5. The molecule has 48 heavy (non-hydrogen) atoms. The maximum absolute atomic E-state index is 13.5. The summed E-state index contributed by atoms with van der Waals surface area (Å²) in [5, 5.41) is 3.50. The molecule has 4 heterocycles. The lowest BCUT2D eigenvalue weighted by atomic mass is 9.99. The van der Waals surface area contributed by atoms with Gasteiger partial charge in [-0.3, -0.25) is 9.59 Å². The lowest BCUT2D eigenvalue weighted by Gasteiger charge is -2.31. The van der Waals surface area contributed by atoms with E-state index in [2.05, 4.69) is 22.0 Å². The van der Waals surface area contributed by atoms with Crippen molar-refractivity contribution < 1.29 is 27.5 Å². The number of hydrogen-bond donors (Lipinski definition) is 1. The highest BCUT2D eigenvalue weighted by Gasteiger charge is 2.34. The van der Waals surface area contributed by atoms with E-state index in [0.717, 1.165) is 59.1 Å². The zero-order chi connectivity index (χ0) is 33.4. The molecule has 12 heteroatoms. The molecule has 0 saturated carbocycles. The molecule has 0 aliphatic carbocycles. The Morgan fingerprint density at radius 3 is 2.31 bits per heavy atom. The molecule has 248 valence electrons. The standard InChI is InChI=1S/C36H35F3N6O3/c1-2-15-42-17-18-44-23-30(41-32(33(42)44)40-27-12-8-24(9-13-27)34(46)43-19-21-48-22-20-43)28-4-3-5-31-29(28)14-16-45(31)35(47)25-6-10-26(11-7-25)36(37,38)39/h3-13,17-18,40H,2,14-16,19-23H2,1H3. The van der Waals surface area contributed by atoms with Crippen molar-refractivity contribution in [2.45, 2.75) is 25.9 Å². The molecule has 0 bridgehead atoms. The number of aliphatic imine (C=N–C) groups is 1. The Morgan fingerprint density at radius 1 is 0.896 bits per heavy atom. The topological polar surface area (TPSA) is 80.7 Å². The van der Waals surface area contributed by atoms with Crippen molar-refractivity contribution in [3.63, 3.8) is 0 Å². The van der Waals surface area contributed by atoms with Gasteiger partial charge < -0.3 is 29.7 Å².